The van der Waals surface area contributed by atoms with Gasteiger partial charge in [0.2, 0.25) is 0 Å². The van der Waals surface area contributed by atoms with Crippen LogP contribution in [0.4, 0.5) is 4.79 Å². The normalized spacial score (nSPS) is 24.2. The van der Waals surface area contributed by atoms with E-state index < -0.39 is 5.54 Å². The molecule has 3 rings (SSSR count). The van der Waals surface area contributed by atoms with Gasteiger partial charge in [-0.1, -0.05) is 18.2 Å². The zero-order chi connectivity index (χ0) is 16.4. The van der Waals surface area contributed by atoms with E-state index in [0.717, 1.165) is 18.6 Å². The molecule has 0 aromatic heterocycles. The lowest BCUT2D eigenvalue weighted by Gasteiger charge is -2.24. The molecule has 0 radical (unpaired) electrons. The Balaban J connectivity index is 1.48. The lowest BCUT2D eigenvalue weighted by Crippen LogP contribution is -2.47. The van der Waals surface area contributed by atoms with Crippen LogP contribution in [0.5, 0.6) is 5.75 Å². The highest BCUT2D eigenvalue weighted by Gasteiger charge is 2.55. The molecule has 1 saturated carbocycles. The van der Waals surface area contributed by atoms with Crippen LogP contribution >= 0.6 is 0 Å². The molecule has 1 aromatic carbocycles. The van der Waals surface area contributed by atoms with E-state index in [1.165, 1.54) is 4.90 Å². The molecule has 3 amide bonds. The van der Waals surface area contributed by atoms with Crippen molar-refractivity contribution >= 4 is 11.9 Å². The van der Waals surface area contributed by atoms with E-state index in [2.05, 4.69) is 5.32 Å². The monoisotopic (exact) mass is 317 g/mol. The molecule has 1 N–H and O–H groups in total. The predicted octanol–water partition coefficient (Wildman–Crippen LogP) is 1.68. The van der Waals surface area contributed by atoms with E-state index in [1.807, 2.05) is 49.2 Å². The second-order valence-corrected chi connectivity index (χ2v) is 6.52. The number of nitrogens with zero attached hydrogens (tertiary/aromatic N) is 2. The Morgan fingerprint density at radius 2 is 2.00 bits per heavy atom. The van der Waals surface area contributed by atoms with Crippen LogP contribution in [0, 0.1) is 5.92 Å². The lowest BCUT2D eigenvalue weighted by atomic mass is 9.96. The van der Waals surface area contributed by atoms with Crippen molar-refractivity contribution in [1.82, 2.24) is 15.1 Å². The van der Waals surface area contributed by atoms with E-state index in [0.29, 0.717) is 13.2 Å². The van der Waals surface area contributed by atoms with Gasteiger partial charge in [-0.2, -0.15) is 0 Å². The van der Waals surface area contributed by atoms with E-state index in [4.69, 9.17) is 4.74 Å². The molecule has 1 heterocycles. The van der Waals surface area contributed by atoms with Crippen LogP contribution in [0.15, 0.2) is 30.3 Å². The first kappa shape index (κ1) is 15.8. The number of para-hydroxylation sites is 1. The minimum atomic E-state index is -0.710. The Labute approximate surface area is 136 Å². The van der Waals surface area contributed by atoms with Crippen LogP contribution in [-0.2, 0) is 4.79 Å². The number of hydrogen-bond acceptors (Lipinski definition) is 4. The van der Waals surface area contributed by atoms with Crippen molar-refractivity contribution in [2.24, 2.45) is 5.92 Å². The molecule has 0 unspecified atom stereocenters. The van der Waals surface area contributed by atoms with Crippen molar-refractivity contribution in [3.8, 4) is 5.75 Å². The molecule has 23 heavy (non-hydrogen) atoms. The molecule has 0 spiro atoms. The van der Waals surface area contributed by atoms with Crippen LogP contribution in [0.1, 0.15) is 19.8 Å². The summed E-state index contributed by atoms with van der Waals surface area (Å²) >= 11 is 0. The number of nitrogens with one attached hydrogen (secondary N) is 1. The summed E-state index contributed by atoms with van der Waals surface area (Å²) < 4.78 is 5.64. The minimum Gasteiger partial charge on any atom is -0.492 e. The van der Waals surface area contributed by atoms with Crippen molar-refractivity contribution in [3.05, 3.63) is 30.3 Å². The Morgan fingerprint density at radius 1 is 1.30 bits per heavy atom. The molecule has 1 aromatic rings. The van der Waals surface area contributed by atoms with Crippen LogP contribution < -0.4 is 10.1 Å². The van der Waals surface area contributed by atoms with Gasteiger partial charge >= 0.3 is 6.03 Å². The highest BCUT2D eigenvalue weighted by Crippen LogP contribution is 2.42. The number of ether oxygens (including phenoxy) is 1. The minimum absolute atomic E-state index is 0.110. The van der Waals surface area contributed by atoms with Gasteiger partial charge < -0.3 is 10.1 Å². The lowest BCUT2D eigenvalue weighted by molar-refractivity contribution is -0.132. The third-order valence-corrected chi connectivity index (χ3v) is 4.56. The summed E-state index contributed by atoms with van der Waals surface area (Å²) in [6.45, 7) is 3.25. The molecule has 124 valence electrons. The van der Waals surface area contributed by atoms with Crippen LogP contribution in [-0.4, -0.2) is 54.1 Å². The molecule has 2 aliphatic rings. The first-order valence-electron chi connectivity index (χ1n) is 8.01. The molecular weight excluding hydrogens is 294 g/mol. The number of rotatable bonds is 7. The van der Waals surface area contributed by atoms with Gasteiger partial charge in [0.15, 0.2) is 0 Å². The highest BCUT2D eigenvalue weighted by atomic mass is 16.5. The van der Waals surface area contributed by atoms with Crippen molar-refractivity contribution in [2.45, 2.75) is 25.3 Å². The Hall–Kier alpha value is -2.08. The molecule has 1 aliphatic heterocycles. The number of likely N-dealkylation sites (N-methyl/N-ethyl adjacent to an activating group) is 1. The summed E-state index contributed by atoms with van der Waals surface area (Å²) in [7, 11) is 1.88. The molecule has 6 nitrogen and oxygen atoms in total. The van der Waals surface area contributed by atoms with Crippen LogP contribution in [0.25, 0.3) is 0 Å². The van der Waals surface area contributed by atoms with Crippen molar-refractivity contribution in [3.63, 3.8) is 0 Å². The maximum absolute atomic E-state index is 12.5. The number of urea groups is 1. The maximum atomic E-state index is 12.5. The highest BCUT2D eigenvalue weighted by molar-refractivity contribution is 6.07. The third-order valence-electron chi connectivity index (χ3n) is 4.56. The summed E-state index contributed by atoms with van der Waals surface area (Å²) in [6.07, 6.45) is 2.02. The fraction of sp³-hybridized carbons (Fsp3) is 0.529. The second-order valence-electron chi connectivity index (χ2n) is 6.52. The molecule has 1 aliphatic carbocycles. The Morgan fingerprint density at radius 3 is 2.65 bits per heavy atom. The number of imide groups is 1. The molecule has 1 saturated heterocycles. The topological polar surface area (TPSA) is 61.9 Å². The molecule has 1 atom stereocenters. The fourth-order valence-corrected chi connectivity index (χ4v) is 2.93. The van der Waals surface area contributed by atoms with Gasteiger partial charge in [-0.25, -0.2) is 9.69 Å². The number of hydrogen-bond donors (Lipinski definition) is 1. The summed E-state index contributed by atoms with van der Waals surface area (Å²) in [5, 5.41) is 2.86. The van der Waals surface area contributed by atoms with Crippen molar-refractivity contribution in [1.29, 1.82) is 0 Å². The van der Waals surface area contributed by atoms with Crippen molar-refractivity contribution < 1.29 is 14.3 Å². The standard InChI is InChI=1S/C17H23N3O3/c1-17(13-8-9-13)15(21)20(16(22)18-17)12-19(2)10-11-23-14-6-4-3-5-7-14/h3-7,13H,8-12H2,1-2H3,(H,18,22)/t17-/m0/s1. The molecule has 2 fully saturated rings. The van der Waals surface area contributed by atoms with E-state index in [9.17, 15) is 9.59 Å². The molecular formula is C17H23N3O3. The number of benzene rings is 1. The SMILES string of the molecule is CN(CCOc1ccccc1)CN1C(=O)N[C@@](C)(C2CC2)C1=O. The van der Waals surface area contributed by atoms with Gasteiger partial charge in [-0.05, 0) is 44.9 Å². The van der Waals surface area contributed by atoms with Gasteiger partial charge in [0, 0.05) is 6.54 Å². The fourth-order valence-electron chi connectivity index (χ4n) is 2.93. The summed E-state index contributed by atoms with van der Waals surface area (Å²) in [6, 6.07) is 9.29. The number of carbonyl (C=O) groups excluding carboxylic acids is 2. The van der Waals surface area contributed by atoms with E-state index in [1.54, 1.807) is 0 Å². The summed E-state index contributed by atoms with van der Waals surface area (Å²) in [5.41, 5.74) is -0.710. The maximum Gasteiger partial charge on any atom is 0.326 e. The zero-order valence-electron chi connectivity index (χ0n) is 13.6. The largest absolute Gasteiger partial charge is 0.492 e. The smallest absolute Gasteiger partial charge is 0.326 e. The Kier molecular flexibility index (Phi) is 4.26. The average Bonchev–Trinajstić information content (AvgIpc) is 3.35. The molecule has 6 heteroatoms. The van der Waals surface area contributed by atoms with E-state index in [-0.39, 0.29) is 24.5 Å². The summed E-state index contributed by atoms with van der Waals surface area (Å²) in [4.78, 5) is 27.9. The van der Waals surface area contributed by atoms with Gasteiger partial charge in [-0.3, -0.25) is 9.69 Å². The van der Waals surface area contributed by atoms with E-state index >= 15 is 0 Å². The quantitative estimate of drug-likeness (QED) is 0.777. The second kappa shape index (κ2) is 6.20. The van der Waals surface area contributed by atoms with Gasteiger partial charge in [0.25, 0.3) is 5.91 Å². The first-order valence-corrected chi connectivity index (χ1v) is 8.01. The van der Waals surface area contributed by atoms with Gasteiger partial charge in [0.05, 0.1) is 6.67 Å². The number of amides is 3. The van der Waals surface area contributed by atoms with Gasteiger partial charge in [-0.15, -0.1) is 0 Å². The first-order chi connectivity index (χ1) is 11.0. The van der Waals surface area contributed by atoms with Gasteiger partial charge in [0.1, 0.15) is 17.9 Å². The Bertz CT molecular complexity index is 588. The predicted molar refractivity (Wildman–Crippen MR) is 85.9 cm³/mol. The third kappa shape index (κ3) is 3.32. The average molecular weight is 317 g/mol. The zero-order valence-corrected chi connectivity index (χ0v) is 13.6. The molecule has 0 bridgehead atoms. The van der Waals surface area contributed by atoms with Crippen LogP contribution in [0.2, 0.25) is 0 Å². The number of carbonyl (C=O) groups is 2. The van der Waals surface area contributed by atoms with Crippen LogP contribution in [0.3, 0.4) is 0 Å². The van der Waals surface area contributed by atoms with Crippen molar-refractivity contribution in [2.75, 3.05) is 26.9 Å². The summed E-state index contributed by atoms with van der Waals surface area (Å²) in [5.74, 6) is 0.994.